The van der Waals surface area contributed by atoms with Gasteiger partial charge in [0.15, 0.2) is 0 Å². The standard InChI is InChI=1S/C23H26N4O2S2/c1-17-3-5-19(6-4-17)15-24-26-23-25-22(16-30-23)20-7-9-21(10-8-20)31(28,29)27-13-11-18(2)12-14-27/h3-10,15-16,18H,11-14H2,1-2H3,(H,25,26). The van der Waals surface area contributed by atoms with E-state index >= 15 is 0 Å². The van der Waals surface area contributed by atoms with E-state index in [1.807, 2.05) is 48.7 Å². The minimum Gasteiger partial charge on any atom is -0.253 e. The van der Waals surface area contributed by atoms with Crippen molar-refractivity contribution in [2.24, 2.45) is 11.0 Å². The zero-order chi connectivity index (χ0) is 21.8. The van der Waals surface area contributed by atoms with Crippen molar-refractivity contribution in [3.63, 3.8) is 0 Å². The molecule has 1 N–H and O–H groups in total. The molecule has 2 aromatic carbocycles. The molecule has 0 atom stereocenters. The molecule has 6 nitrogen and oxygen atoms in total. The second-order valence-corrected chi connectivity index (χ2v) is 10.7. The fourth-order valence-corrected chi connectivity index (χ4v) is 5.58. The monoisotopic (exact) mass is 454 g/mol. The lowest BCUT2D eigenvalue weighted by molar-refractivity contribution is 0.288. The Bertz CT molecular complexity index is 1150. The highest BCUT2D eigenvalue weighted by Gasteiger charge is 2.27. The van der Waals surface area contributed by atoms with Crippen molar-refractivity contribution >= 4 is 32.7 Å². The first-order chi connectivity index (χ1) is 14.9. The van der Waals surface area contributed by atoms with E-state index in [9.17, 15) is 8.42 Å². The Morgan fingerprint density at radius 1 is 1.10 bits per heavy atom. The van der Waals surface area contributed by atoms with Gasteiger partial charge in [0.2, 0.25) is 15.2 Å². The van der Waals surface area contributed by atoms with E-state index in [1.54, 1.807) is 22.7 Å². The molecule has 1 aliphatic heterocycles. The molecule has 0 spiro atoms. The Labute approximate surface area is 187 Å². The van der Waals surface area contributed by atoms with Crippen LogP contribution in [0.2, 0.25) is 0 Å². The minimum absolute atomic E-state index is 0.335. The van der Waals surface area contributed by atoms with Crippen LogP contribution in [0.3, 0.4) is 0 Å². The van der Waals surface area contributed by atoms with Gasteiger partial charge in [0.25, 0.3) is 0 Å². The number of benzene rings is 2. The molecule has 31 heavy (non-hydrogen) atoms. The zero-order valence-electron chi connectivity index (χ0n) is 17.7. The molecule has 1 aromatic heterocycles. The van der Waals surface area contributed by atoms with Gasteiger partial charge in [-0.3, -0.25) is 5.43 Å². The summed E-state index contributed by atoms with van der Waals surface area (Å²) in [6, 6.07) is 15.1. The number of aromatic nitrogens is 1. The van der Waals surface area contributed by atoms with Gasteiger partial charge in [-0.15, -0.1) is 11.3 Å². The Balaban J connectivity index is 1.41. The number of piperidine rings is 1. The van der Waals surface area contributed by atoms with E-state index in [0.29, 0.717) is 29.0 Å². The maximum absolute atomic E-state index is 12.9. The Kier molecular flexibility index (Phi) is 6.50. The maximum atomic E-state index is 12.9. The fourth-order valence-electron chi connectivity index (χ4n) is 3.44. The van der Waals surface area contributed by atoms with Gasteiger partial charge in [-0.05, 0) is 43.4 Å². The smallest absolute Gasteiger partial charge is 0.243 e. The Hall–Kier alpha value is -2.55. The molecule has 0 radical (unpaired) electrons. The molecule has 0 bridgehead atoms. The molecule has 2 heterocycles. The summed E-state index contributed by atoms with van der Waals surface area (Å²) in [6.45, 7) is 5.40. The summed E-state index contributed by atoms with van der Waals surface area (Å²) in [6.07, 6.45) is 3.58. The zero-order valence-corrected chi connectivity index (χ0v) is 19.3. The first-order valence-corrected chi connectivity index (χ1v) is 12.7. The number of rotatable bonds is 6. The van der Waals surface area contributed by atoms with Crippen LogP contribution >= 0.6 is 11.3 Å². The van der Waals surface area contributed by atoms with Crippen molar-refractivity contribution in [1.82, 2.24) is 9.29 Å². The number of hydrogen-bond donors (Lipinski definition) is 1. The third kappa shape index (κ3) is 5.20. The van der Waals surface area contributed by atoms with Gasteiger partial charge in [0, 0.05) is 24.0 Å². The third-order valence-corrected chi connectivity index (χ3v) is 8.15. The largest absolute Gasteiger partial charge is 0.253 e. The van der Waals surface area contributed by atoms with Crippen LogP contribution in [0.5, 0.6) is 0 Å². The molecule has 162 valence electrons. The summed E-state index contributed by atoms with van der Waals surface area (Å²) >= 11 is 1.45. The predicted octanol–water partition coefficient (Wildman–Crippen LogP) is 4.99. The fraction of sp³-hybridized carbons (Fsp3) is 0.304. The highest BCUT2D eigenvalue weighted by atomic mass is 32.2. The van der Waals surface area contributed by atoms with E-state index in [1.165, 1.54) is 16.9 Å². The summed E-state index contributed by atoms with van der Waals surface area (Å²) in [5.41, 5.74) is 6.83. The summed E-state index contributed by atoms with van der Waals surface area (Å²) < 4.78 is 27.4. The topological polar surface area (TPSA) is 74.7 Å². The van der Waals surface area contributed by atoms with Crippen molar-refractivity contribution in [3.8, 4) is 11.3 Å². The number of sulfonamides is 1. The lowest BCUT2D eigenvalue weighted by Gasteiger charge is -2.29. The number of aryl methyl sites for hydroxylation is 1. The molecule has 1 fully saturated rings. The lowest BCUT2D eigenvalue weighted by atomic mass is 10.0. The predicted molar refractivity (Wildman–Crippen MR) is 127 cm³/mol. The molecule has 0 saturated carbocycles. The van der Waals surface area contributed by atoms with E-state index in [4.69, 9.17) is 0 Å². The summed E-state index contributed by atoms with van der Waals surface area (Å²) in [5.74, 6) is 0.586. The van der Waals surface area contributed by atoms with Crippen LogP contribution in [0.4, 0.5) is 5.13 Å². The van der Waals surface area contributed by atoms with Crippen molar-refractivity contribution in [1.29, 1.82) is 0 Å². The molecule has 4 rings (SSSR count). The van der Waals surface area contributed by atoms with Crippen LogP contribution in [-0.4, -0.2) is 37.0 Å². The Morgan fingerprint density at radius 3 is 2.45 bits per heavy atom. The van der Waals surface area contributed by atoms with E-state index in [-0.39, 0.29) is 0 Å². The maximum Gasteiger partial charge on any atom is 0.243 e. The normalized spacial score (nSPS) is 16.1. The molecule has 0 unspecified atom stereocenters. The van der Waals surface area contributed by atoms with Crippen molar-refractivity contribution < 1.29 is 8.42 Å². The highest BCUT2D eigenvalue weighted by Crippen LogP contribution is 2.28. The number of hydrazone groups is 1. The summed E-state index contributed by atoms with van der Waals surface area (Å²) in [5, 5.41) is 6.85. The van der Waals surface area contributed by atoms with Gasteiger partial charge in [-0.1, -0.05) is 48.9 Å². The SMILES string of the molecule is Cc1ccc(C=NNc2nc(-c3ccc(S(=O)(=O)N4CCC(C)CC4)cc3)cs2)cc1. The van der Waals surface area contributed by atoms with E-state index in [0.717, 1.165) is 29.7 Å². The lowest BCUT2D eigenvalue weighted by Crippen LogP contribution is -2.37. The highest BCUT2D eigenvalue weighted by molar-refractivity contribution is 7.89. The van der Waals surface area contributed by atoms with Crippen LogP contribution in [0, 0.1) is 12.8 Å². The number of nitrogens with zero attached hydrogens (tertiary/aromatic N) is 3. The molecule has 8 heteroatoms. The molecular formula is C23H26N4O2S2. The second-order valence-electron chi connectivity index (χ2n) is 7.93. The second kappa shape index (κ2) is 9.30. The number of nitrogens with one attached hydrogen (secondary N) is 1. The average molecular weight is 455 g/mol. The van der Waals surface area contributed by atoms with Crippen LogP contribution in [-0.2, 0) is 10.0 Å². The van der Waals surface area contributed by atoms with Gasteiger partial charge in [0.1, 0.15) is 0 Å². The molecular weight excluding hydrogens is 428 g/mol. The van der Waals surface area contributed by atoms with Gasteiger partial charge in [-0.2, -0.15) is 9.41 Å². The van der Waals surface area contributed by atoms with Crippen LogP contribution in [0.1, 0.15) is 30.9 Å². The van der Waals surface area contributed by atoms with Crippen molar-refractivity contribution in [2.75, 3.05) is 18.5 Å². The first-order valence-electron chi connectivity index (χ1n) is 10.3. The minimum atomic E-state index is -3.44. The number of anilines is 1. The van der Waals surface area contributed by atoms with E-state index in [2.05, 4.69) is 22.4 Å². The molecule has 0 aliphatic carbocycles. The average Bonchev–Trinajstić information content (AvgIpc) is 3.24. The first kappa shape index (κ1) is 21.7. The Morgan fingerprint density at radius 2 is 1.77 bits per heavy atom. The molecule has 1 aliphatic rings. The number of hydrogen-bond acceptors (Lipinski definition) is 6. The number of thiazole rings is 1. The summed E-state index contributed by atoms with van der Waals surface area (Å²) in [7, 11) is -3.44. The van der Waals surface area contributed by atoms with Gasteiger partial charge in [-0.25, -0.2) is 13.4 Å². The molecule has 0 amide bonds. The summed E-state index contributed by atoms with van der Waals surface area (Å²) in [4.78, 5) is 4.88. The molecule has 1 saturated heterocycles. The quantitative estimate of drug-likeness (QED) is 0.421. The van der Waals surface area contributed by atoms with Gasteiger partial charge < -0.3 is 0 Å². The molecule has 3 aromatic rings. The van der Waals surface area contributed by atoms with Crippen molar-refractivity contribution in [3.05, 3.63) is 65.0 Å². The van der Waals surface area contributed by atoms with Crippen LogP contribution < -0.4 is 5.43 Å². The van der Waals surface area contributed by atoms with Crippen molar-refractivity contribution in [2.45, 2.75) is 31.6 Å². The van der Waals surface area contributed by atoms with E-state index < -0.39 is 10.0 Å². The van der Waals surface area contributed by atoms with Crippen LogP contribution in [0.15, 0.2) is 63.9 Å². The van der Waals surface area contributed by atoms with Gasteiger partial charge >= 0.3 is 0 Å². The van der Waals surface area contributed by atoms with Gasteiger partial charge in [0.05, 0.1) is 16.8 Å². The van der Waals surface area contributed by atoms with Crippen LogP contribution in [0.25, 0.3) is 11.3 Å². The third-order valence-electron chi connectivity index (χ3n) is 5.49.